The third-order valence-corrected chi connectivity index (χ3v) is 4.22. The van der Waals surface area contributed by atoms with Crippen LogP contribution in [0.3, 0.4) is 0 Å². The molecule has 0 aromatic heterocycles. The maximum absolute atomic E-state index is 5.94. The smallest absolute Gasteiger partial charge is 0.0703 e. The fourth-order valence-electron chi connectivity index (χ4n) is 3.58. The largest absolute Gasteiger partial charge is 0.0735 e. The average molecular weight is 132 g/mol. The van der Waals surface area contributed by atoms with E-state index in [9.17, 15) is 0 Å². The fraction of sp³-hybridized carbons (Fsp3) is 1.00. The quantitative estimate of drug-likeness (QED) is 0.443. The van der Waals surface area contributed by atoms with Crippen molar-refractivity contribution >= 4 is 7.85 Å². The van der Waals surface area contributed by atoms with Crippen LogP contribution in [0.2, 0.25) is 5.82 Å². The molecule has 0 heterocycles. The molecule has 0 saturated heterocycles. The SMILES string of the molecule is [B]C1CC23CC2CCCC13. The van der Waals surface area contributed by atoms with E-state index in [1.54, 1.807) is 0 Å². The predicted octanol–water partition coefficient (Wildman–Crippen LogP) is 2.15. The molecule has 0 nitrogen and oxygen atoms in total. The Labute approximate surface area is 63.8 Å². The van der Waals surface area contributed by atoms with Gasteiger partial charge in [0.2, 0.25) is 0 Å². The van der Waals surface area contributed by atoms with Crippen molar-refractivity contribution in [3.63, 3.8) is 0 Å². The zero-order valence-electron chi connectivity index (χ0n) is 6.34. The molecule has 4 atom stereocenters. The van der Waals surface area contributed by atoms with E-state index < -0.39 is 0 Å². The minimum atomic E-state index is 0.588. The Hall–Kier alpha value is 0.0649. The van der Waals surface area contributed by atoms with Gasteiger partial charge in [-0.1, -0.05) is 25.1 Å². The van der Waals surface area contributed by atoms with Crippen LogP contribution in [0, 0.1) is 17.3 Å². The second-order valence-corrected chi connectivity index (χ2v) is 4.54. The lowest BCUT2D eigenvalue weighted by Crippen LogP contribution is -2.38. The van der Waals surface area contributed by atoms with Crippen molar-refractivity contribution in [2.45, 2.75) is 37.9 Å². The molecule has 3 saturated carbocycles. The van der Waals surface area contributed by atoms with Gasteiger partial charge in [0.1, 0.15) is 0 Å². The second-order valence-electron chi connectivity index (χ2n) is 4.54. The highest BCUT2D eigenvalue weighted by Crippen LogP contribution is 2.76. The summed E-state index contributed by atoms with van der Waals surface area (Å²) >= 11 is 0. The molecule has 0 aliphatic heterocycles. The van der Waals surface area contributed by atoms with E-state index in [1.165, 1.54) is 32.1 Å². The van der Waals surface area contributed by atoms with Crippen molar-refractivity contribution in [3.8, 4) is 0 Å². The van der Waals surface area contributed by atoms with Crippen LogP contribution in [0.15, 0.2) is 0 Å². The number of rotatable bonds is 0. The van der Waals surface area contributed by atoms with Crippen molar-refractivity contribution in [3.05, 3.63) is 0 Å². The molecule has 2 radical (unpaired) electrons. The summed E-state index contributed by atoms with van der Waals surface area (Å²) in [6.45, 7) is 0. The van der Waals surface area contributed by atoms with Crippen molar-refractivity contribution in [1.82, 2.24) is 0 Å². The summed E-state index contributed by atoms with van der Waals surface area (Å²) < 4.78 is 0. The Kier molecular flexibility index (Phi) is 0.832. The minimum Gasteiger partial charge on any atom is -0.0735 e. The van der Waals surface area contributed by atoms with Gasteiger partial charge in [-0.15, -0.1) is 0 Å². The standard InChI is InChI=1S/C9H13B/c10-8-5-9-4-6(9)2-1-3-7(8)9/h6-8H,1-5H2. The zero-order chi connectivity index (χ0) is 6.77. The molecule has 0 aromatic rings. The van der Waals surface area contributed by atoms with Crippen LogP contribution in [0.5, 0.6) is 0 Å². The predicted molar refractivity (Wildman–Crippen MR) is 42.0 cm³/mol. The van der Waals surface area contributed by atoms with Crippen molar-refractivity contribution in [1.29, 1.82) is 0 Å². The molecule has 0 N–H and O–H groups in total. The van der Waals surface area contributed by atoms with Crippen LogP contribution in [-0.2, 0) is 0 Å². The first kappa shape index (κ1) is 5.68. The van der Waals surface area contributed by atoms with Gasteiger partial charge in [-0.3, -0.25) is 0 Å². The summed E-state index contributed by atoms with van der Waals surface area (Å²) in [5.74, 6) is 2.66. The van der Waals surface area contributed by atoms with Gasteiger partial charge in [-0.2, -0.15) is 0 Å². The van der Waals surface area contributed by atoms with E-state index in [1.807, 2.05) is 0 Å². The first-order valence-electron chi connectivity index (χ1n) is 4.58. The van der Waals surface area contributed by atoms with Crippen molar-refractivity contribution in [2.75, 3.05) is 0 Å². The number of hydrogen-bond donors (Lipinski definition) is 0. The third kappa shape index (κ3) is 0.445. The Morgan fingerprint density at radius 2 is 2.10 bits per heavy atom. The monoisotopic (exact) mass is 132 g/mol. The van der Waals surface area contributed by atoms with E-state index in [0.717, 1.165) is 17.3 Å². The highest BCUT2D eigenvalue weighted by molar-refractivity contribution is 6.12. The molecule has 3 aliphatic carbocycles. The molecule has 0 bridgehead atoms. The van der Waals surface area contributed by atoms with Crippen molar-refractivity contribution in [2.24, 2.45) is 17.3 Å². The summed E-state index contributed by atoms with van der Waals surface area (Å²) in [5.41, 5.74) is 0.831. The summed E-state index contributed by atoms with van der Waals surface area (Å²) in [6, 6.07) is 0. The van der Waals surface area contributed by atoms with E-state index in [-0.39, 0.29) is 0 Å². The van der Waals surface area contributed by atoms with Gasteiger partial charge in [-0.05, 0) is 30.1 Å². The van der Waals surface area contributed by atoms with Gasteiger partial charge in [0.15, 0.2) is 0 Å². The van der Waals surface area contributed by atoms with Gasteiger partial charge in [0.25, 0.3) is 0 Å². The normalized spacial score (nSPS) is 63.8. The van der Waals surface area contributed by atoms with E-state index in [2.05, 4.69) is 0 Å². The topological polar surface area (TPSA) is 0 Å². The maximum Gasteiger partial charge on any atom is 0.0703 e. The molecule has 0 aromatic carbocycles. The summed E-state index contributed by atoms with van der Waals surface area (Å²) in [5, 5.41) is 0. The Morgan fingerprint density at radius 3 is 2.80 bits per heavy atom. The Morgan fingerprint density at radius 1 is 1.20 bits per heavy atom. The maximum atomic E-state index is 5.94. The third-order valence-electron chi connectivity index (χ3n) is 4.22. The van der Waals surface area contributed by atoms with Gasteiger partial charge < -0.3 is 0 Å². The minimum absolute atomic E-state index is 0.588. The number of hydrogen-bond acceptors (Lipinski definition) is 0. The molecular weight excluding hydrogens is 119 g/mol. The van der Waals surface area contributed by atoms with Crippen LogP contribution >= 0.6 is 0 Å². The van der Waals surface area contributed by atoms with Crippen molar-refractivity contribution < 1.29 is 0 Å². The van der Waals surface area contributed by atoms with E-state index in [0.29, 0.717) is 5.82 Å². The summed E-state index contributed by atoms with van der Waals surface area (Å²) in [7, 11) is 5.94. The zero-order valence-corrected chi connectivity index (χ0v) is 6.34. The van der Waals surface area contributed by atoms with Crippen LogP contribution in [0.1, 0.15) is 32.1 Å². The van der Waals surface area contributed by atoms with Gasteiger partial charge in [-0.25, -0.2) is 0 Å². The Bertz CT molecular complexity index is 178. The average Bonchev–Trinajstić information content (AvgIpc) is 2.60. The second kappa shape index (κ2) is 1.46. The fourth-order valence-corrected chi connectivity index (χ4v) is 3.58. The summed E-state index contributed by atoms with van der Waals surface area (Å²) in [4.78, 5) is 0. The highest BCUT2D eigenvalue weighted by atomic mass is 14.7. The Balaban J connectivity index is 1.87. The lowest BCUT2D eigenvalue weighted by atomic mass is 9.50. The van der Waals surface area contributed by atoms with Crippen LogP contribution < -0.4 is 0 Å². The van der Waals surface area contributed by atoms with Gasteiger partial charge in [0, 0.05) is 0 Å². The molecule has 0 amide bonds. The van der Waals surface area contributed by atoms with E-state index >= 15 is 0 Å². The molecule has 3 rings (SSSR count). The molecule has 1 spiro atoms. The first-order valence-corrected chi connectivity index (χ1v) is 4.58. The van der Waals surface area contributed by atoms with Crippen LogP contribution in [0.25, 0.3) is 0 Å². The molecule has 4 unspecified atom stereocenters. The van der Waals surface area contributed by atoms with Crippen LogP contribution in [-0.4, -0.2) is 7.85 Å². The molecule has 52 valence electrons. The first-order chi connectivity index (χ1) is 4.83. The molecule has 10 heavy (non-hydrogen) atoms. The van der Waals surface area contributed by atoms with Gasteiger partial charge >= 0.3 is 0 Å². The lowest BCUT2D eigenvalue weighted by molar-refractivity contribution is 0.0899. The molecular formula is C9H13B. The molecule has 3 aliphatic rings. The highest BCUT2D eigenvalue weighted by Gasteiger charge is 2.66. The lowest BCUT2D eigenvalue weighted by Gasteiger charge is -2.48. The molecule has 3 fully saturated rings. The summed E-state index contributed by atoms with van der Waals surface area (Å²) in [6.07, 6.45) is 7.32. The van der Waals surface area contributed by atoms with Gasteiger partial charge in [0.05, 0.1) is 7.85 Å². The molecule has 1 heteroatoms. The van der Waals surface area contributed by atoms with E-state index in [4.69, 9.17) is 7.85 Å². The van der Waals surface area contributed by atoms with Crippen LogP contribution in [0.4, 0.5) is 0 Å².